The van der Waals surface area contributed by atoms with Crippen LogP contribution in [0.3, 0.4) is 0 Å². The average molecular weight is 682 g/mol. The second kappa shape index (κ2) is 18.6. The third-order valence-corrected chi connectivity index (χ3v) is 8.58. The number of alkyl halides is 1. The van der Waals surface area contributed by atoms with E-state index in [0.717, 1.165) is 24.6 Å². The van der Waals surface area contributed by atoms with Gasteiger partial charge in [-0.05, 0) is 61.6 Å². The summed E-state index contributed by atoms with van der Waals surface area (Å²) in [5, 5.41) is 28.4. The summed E-state index contributed by atoms with van der Waals surface area (Å²) in [4.78, 5) is 67.0. The maximum Gasteiger partial charge on any atom is 0.326 e. The minimum Gasteiger partial charge on any atom is -0.508 e. The van der Waals surface area contributed by atoms with Crippen molar-refractivity contribution >= 4 is 45.5 Å². The Labute approximate surface area is 269 Å². The molecule has 12 heteroatoms. The second-order valence-corrected chi connectivity index (χ2v) is 12.9. The first-order valence-corrected chi connectivity index (χ1v) is 16.8. The fourth-order valence-electron chi connectivity index (χ4n) is 5.28. The Morgan fingerprint density at radius 1 is 0.955 bits per heavy atom. The molecular weight excluding hydrogens is 632 g/mol. The first-order chi connectivity index (χ1) is 20.9. The van der Waals surface area contributed by atoms with Crippen LogP contribution in [0.2, 0.25) is 0 Å². The Hall–Kier alpha value is -3.15. The number of rotatable bonds is 18. The van der Waals surface area contributed by atoms with Crippen LogP contribution in [-0.4, -0.2) is 80.8 Å². The summed E-state index contributed by atoms with van der Waals surface area (Å²) >= 11 is 3.39. The van der Waals surface area contributed by atoms with Crippen molar-refractivity contribution in [3.05, 3.63) is 29.8 Å². The number of carboxylic acid groups (broad SMARTS) is 1. The standard InChI is InChI=1S/C32H49BrN4O7/c1-5-21(4)28(31(42)35-25(32(43)44)18-20(2)3)36-29(40)24(19-22-12-14-23(38)15-13-22)34-30(41)26-10-9-17-37(26)27(39)11-7-6-8-16-33/h12-15,20-21,24-26,28,38H,5-11,16-19H2,1-4H3,(H,34,41)(H,35,42)(H,36,40)(H,43,44)/t21-,24-,25-,26-,28-/m0/s1. The number of halogens is 1. The van der Waals surface area contributed by atoms with Gasteiger partial charge in [-0.15, -0.1) is 0 Å². The van der Waals surface area contributed by atoms with E-state index in [1.54, 1.807) is 24.0 Å². The van der Waals surface area contributed by atoms with Gasteiger partial charge in [0.15, 0.2) is 0 Å². The highest BCUT2D eigenvalue weighted by molar-refractivity contribution is 9.09. The number of carbonyl (C=O) groups excluding carboxylic acids is 4. The van der Waals surface area contributed by atoms with Gasteiger partial charge in [0.05, 0.1) is 0 Å². The lowest BCUT2D eigenvalue weighted by molar-refractivity contribution is -0.143. The number of phenols is 1. The summed E-state index contributed by atoms with van der Waals surface area (Å²) in [6, 6.07) is 2.31. The highest BCUT2D eigenvalue weighted by atomic mass is 79.9. The van der Waals surface area contributed by atoms with Crippen molar-refractivity contribution in [2.45, 2.75) is 110 Å². The number of aliphatic carboxylic acids is 1. The second-order valence-electron chi connectivity index (χ2n) is 12.1. The summed E-state index contributed by atoms with van der Waals surface area (Å²) in [7, 11) is 0. The molecule has 0 aromatic heterocycles. The predicted octanol–water partition coefficient (Wildman–Crippen LogP) is 3.51. The van der Waals surface area contributed by atoms with Crippen LogP contribution in [0.25, 0.3) is 0 Å². The maximum absolute atomic E-state index is 13.8. The van der Waals surface area contributed by atoms with E-state index in [-0.39, 0.29) is 36.3 Å². The molecule has 5 N–H and O–H groups in total. The molecule has 0 unspecified atom stereocenters. The zero-order chi connectivity index (χ0) is 32.8. The van der Waals surface area contributed by atoms with Gasteiger partial charge in [0.1, 0.15) is 29.9 Å². The van der Waals surface area contributed by atoms with Crippen molar-refractivity contribution in [2.24, 2.45) is 11.8 Å². The lowest BCUT2D eigenvalue weighted by atomic mass is 9.96. The Bertz CT molecular complexity index is 1110. The van der Waals surface area contributed by atoms with Gasteiger partial charge in [0.2, 0.25) is 23.6 Å². The number of benzene rings is 1. The van der Waals surface area contributed by atoms with E-state index >= 15 is 0 Å². The molecule has 1 aliphatic heterocycles. The molecular formula is C32H49BrN4O7. The number of nitrogens with zero attached hydrogens (tertiary/aromatic N) is 1. The van der Waals surface area contributed by atoms with Crippen LogP contribution < -0.4 is 16.0 Å². The van der Waals surface area contributed by atoms with E-state index in [9.17, 15) is 34.2 Å². The maximum atomic E-state index is 13.8. The van der Waals surface area contributed by atoms with Gasteiger partial charge in [-0.1, -0.05) is 68.6 Å². The van der Waals surface area contributed by atoms with E-state index in [4.69, 9.17) is 0 Å². The minimum absolute atomic E-state index is 0.0225. The highest BCUT2D eigenvalue weighted by Crippen LogP contribution is 2.21. The van der Waals surface area contributed by atoms with Gasteiger partial charge in [-0.25, -0.2) is 4.79 Å². The smallest absolute Gasteiger partial charge is 0.326 e. The number of carboxylic acids is 1. The molecule has 4 amide bonds. The molecule has 44 heavy (non-hydrogen) atoms. The van der Waals surface area contributed by atoms with Crippen molar-refractivity contribution in [2.75, 3.05) is 11.9 Å². The number of amides is 4. The van der Waals surface area contributed by atoms with Crippen molar-refractivity contribution in [1.29, 1.82) is 0 Å². The van der Waals surface area contributed by atoms with Crippen LogP contribution in [0.15, 0.2) is 24.3 Å². The van der Waals surface area contributed by atoms with E-state index in [1.807, 2.05) is 20.8 Å². The summed E-state index contributed by atoms with van der Waals surface area (Å²) in [6.07, 6.45) is 4.97. The van der Waals surface area contributed by atoms with Gasteiger partial charge >= 0.3 is 5.97 Å². The quantitative estimate of drug-likeness (QED) is 0.117. The van der Waals surface area contributed by atoms with Crippen molar-refractivity contribution in [1.82, 2.24) is 20.9 Å². The summed E-state index contributed by atoms with van der Waals surface area (Å²) < 4.78 is 0. The molecule has 1 saturated heterocycles. The fraction of sp³-hybridized carbons (Fsp3) is 0.656. The Balaban J connectivity index is 2.25. The minimum atomic E-state index is -1.16. The predicted molar refractivity (Wildman–Crippen MR) is 171 cm³/mol. The first kappa shape index (κ1) is 37.0. The zero-order valence-electron chi connectivity index (χ0n) is 26.3. The van der Waals surface area contributed by atoms with Crippen LogP contribution in [0.4, 0.5) is 0 Å². The van der Waals surface area contributed by atoms with Gasteiger partial charge in [0.25, 0.3) is 0 Å². The molecule has 0 bridgehead atoms. The van der Waals surface area contributed by atoms with Crippen LogP contribution in [0, 0.1) is 11.8 Å². The summed E-state index contributed by atoms with van der Waals surface area (Å²) in [5.41, 5.74) is 0.668. The van der Waals surface area contributed by atoms with Crippen LogP contribution in [-0.2, 0) is 30.4 Å². The topological polar surface area (TPSA) is 165 Å². The molecule has 1 aliphatic rings. The Kier molecular flexibility index (Phi) is 15.7. The van der Waals surface area contributed by atoms with Crippen molar-refractivity contribution in [3.63, 3.8) is 0 Å². The molecule has 1 aromatic rings. The Morgan fingerprint density at radius 3 is 2.23 bits per heavy atom. The Morgan fingerprint density at radius 2 is 1.64 bits per heavy atom. The normalized spacial score (nSPS) is 17.4. The SMILES string of the molecule is CC[C@H](C)[C@H](NC(=O)[C@H](Cc1ccc(O)cc1)NC(=O)[C@@H]1CCCN1C(=O)CCCCCBr)C(=O)N[C@@H](CC(C)C)C(=O)O. The average Bonchev–Trinajstić information content (AvgIpc) is 3.48. The number of likely N-dealkylation sites (tertiary alicyclic amines) is 1. The van der Waals surface area contributed by atoms with Crippen LogP contribution in [0.5, 0.6) is 5.75 Å². The molecule has 11 nitrogen and oxygen atoms in total. The molecule has 5 atom stereocenters. The van der Waals surface area contributed by atoms with E-state index in [1.165, 1.54) is 12.1 Å². The fourth-order valence-corrected chi connectivity index (χ4v) is 5.68. The molecule has 1 aromatic carbocycles. The lowest BCUT2D eigenvalue weighted by Gasteiger charge is -2.29. The van der Waals surface area contributed by atoms with Gasteiger partial charge < -0.3 is 31.1 Å². The number of nitrogens with one attached hydrogen (secondary N) is 3. The lowest BCUT2D eigenvalue weighted by Crippen LogP contribution is -2.59. The highest BCUT2D eigenvalue weighted by Gasteiger charge is 2.37. The molecule has 2 rings (SSSR count). The monoisotopic (exact) mass is 680 g/mol. The van der Waals surface area contributed by atoms with E-state index in [2.05, 4.69) is 31.9 Å². The number of phenolic OH excluding ortho intramolecular Hbond substituents is 1. The first-order valence-electron chi connectivity index (χ1n) is 15.6. The molecule has 0 saturated carbocycles. The number of hydrogen-bond acceptors (Lipinski definition) is 6. The number of carbonyl (C=O) groups is 5. The van der Waals surface area contributed by atoms with Gasteiger partial charge in [0, 0.05) is 24.7 Å². The third kappa shape index (κ3) is 11.7. The molecule has 1 fully saturated rings. The van der Waals surface area contributed by atoms with Crippen molar-refractivity contribution in [3.8, 4) is 5.75 Å². The molecule has 1 heterocycles. The van der Waals surface area contributed by atoms with E-state index < -0.39 is 47.9 Å². The molecule has 0 aliphatic carbocycles. The number of unbranched alkanes of at least 4 members (excludes halogenated alkanes) is 2. The summed E-state index contributed by atoms with van der Waals surface area (Å²) in [5.74, 6) is -3.15. The molecule has 0 radical (unpaired) electrons. The van der Waals surface area contributed by atoms with E-state index in [0.29, 0.717) is 37.8 Å². The van der Waals surface area contributed by atoms with Crippen LogP contribution in [0.1, 0.15) is 84.6 Å². The molecule has 0 spiro atoms. The van der Waals surface area contributed by atoms with Gasteiger partial charge in [-0.3, -0.25) is 19.2 Å². The number of hydrogen-bond donors (Lipinski definition) is 5. The number of aromatic hydroxyl groups is 1. The zero-order valence-corrected chi connectivity index (χ0v) is 27.9. The summed E-state index contributed by atoms with van der Waals surface area (Å²) in [6.45, 7) is 7.84. The third-order valence-electron chi connectivity index (χ3n) is 8.02. The largest absolute Gasteiger partial charge is 0.508 e. The van der Waals surface area contributed by atoms with Crippen LogP contribution >= 0.6 is 15.9 Å². The molecule has 246 valence electrons. The van der Waals surface area contributed by atoms with Gasteiger partial charge in [-0.2, -0.15) is 0 Å². The van der Waals surface area contributed by atoms with Crippen molar-refractivity contribution < 1.29 is 34.2 Å².